The molecule has 0 saturated heterocycles. The van der Waals surface area contributed by atoms with Crippen LogP contribution >= 0.6 is 0 Å². The molecule has 35 heavy (non-hydrogen) atoms. The molecule has 0 aliphatic carbocycles. The summed E-state index contributed by atoms with van der Waals surface area (Å²) in [7, 11) is 0. The first-order chi connectivity index (χ1) is 17.1. The van der Waals surface area contributed by atoms with E-state index in [9.17, 15) is 9.59 Å². The normalized spacial score (nSPS) is 12.7. The van der Waals surface area contributed by atoms with Gasteiger partial charge in [-0.15, -0.1) is 0 Å². The van der Waals surface area contributed by atoms with Crippen LogP contribution in [0.3, 0.4) is 0 Å². The zero-order valence-corrected chi connectivity index (χ0v) is 19.7. The molecule has 0 unspecified atom stereocenters. The number of amides is 2. The van der Waals surface area contributed by atoms with Crippen molar-refractivity contribution in [1.29, 1.82) is 0 Å². The molecule has 1 aliphatic heterocycles. The van der Waals surface area contributed by atoms with Crippen LogP contribution in [0, 0.1) is 6.92 Å². The lowest BCUT2D eigenvalue weighted by Crippen LogP contribution is -2.31. The highest BCUT2D eigenvalue weighted by atomic mass is 16.5. The summed E-state index contributed by atoms with van der Waals surface area (Å²) in [6, 6.07) is 31.7. The molecule has 1 heterocycles. The van der Waals surface area contributed by atoms with Gasteiger partial charge in [-0.25, -0.2) is 0 Å². The second kappa shape index (κ2) is 9.98. The molecule has 0 saturated carbocycles. The van der Waals surface area contributed by atoms with E-state index in [1.165, 1.54) is 16.0 Å². The molecule has 0 radical (unpaired) electrons. The quantitative estimate of drug-likeness (QED) is 0.283. The van der Waals surface area contributed by atoms with Crippen LogP contribution in [0.2, 0.25) is 0 Å². The highest BCUT2D eigenvalue weighted by Gasteiger charge is 2.34. The molecular formula is C31H27NO3. The molecule has 0 N–H and O–H groups in total. The van der Waals surface area contributed by atoms with E-state index in [0.717, 1.165) is 22.4 Å². The van der Waals surface area contributed by atoms with E-state index in [1.54, 1.807) is 24.3 Å². The number of rotatable bonds is 8. The number of ether oxygens (including phenoxy) is 1. The molecule has 1 aliphatic rings. The minimum atomic E-state index is -0.209. The molecule has 174 valence electrons. The summed E-state index contributed by atoms with van der Waals surface area (Å²) in [5.74, 6) is 0.410. The van der Waals surface area contributed by atoms with Crippen LogP contribution in [0.5, 0.6) is 5.75 Å². The van der Waals surface area contributed by atoms with E-state index in [4.69, 9.17) is 4.74 Å². The number of carbonyl (C=O) groups excluding carboxylic acids is 2. The van der Waals surface area contributed by atoms with Gasteiger partial charge in [0.1, 0.15) is 12.4 Å². The van der Waals surface area contributed by atoms with Gasteiger partial charge < -0.3 is 4.74 Å². The van der Waals surface area contributed by atoms with Crippen LogP contribution in [0.15, 0.2) is 97.1 Å². The van der Waals surface area contributed by atoms with Gasteiger partial charge in [-0.3, -0.25) is 14.5 Å². The summed E-state index contributed by atoms with van der Waals surface area (Å²) in [6.07, 6.45) is 1.35. The second-order valence-electron chi connectivity index (χ2n) is 8.82. The van der Waals surface area contributed by atoms with E-state index < -0.39 is 0 Å². The number of imide groups is 1. The number of fused-ring (bicyclic) bond motifs is 1. The van der Waals surface area contributed by atoms with Gasteiger partial charge in [0.15, 0.2) is 0 Å². The predicted octanol–water partition coefficient (Wildman–Crippen LogP) is 6.47. The Kier molecular flexibility index (Phi) is 6.44. The first kappa shape index (κ1) is 22.6. The molecule has 4 nitrogen and oxygen atoms in total. The van der Waals surface area contributed by atoms with Crippen LogP contribution in [0.25, 0.3) is 11.1 Å². The molecule has 4 heteroatoms. The SMILES string of the molecule is Cc1ccccc1-c1ccc(OCc2ccccc2)c(CCCN2C(=O)c3ccccc3C2=O)c1. The van der Waals surface area contributed by atoms with Crippen molar-refractivity contribution < 1.29 is 14.3 Å². The zero-order valence-electron chi connectivity index (χ0n) is 19.7. The molecule has 0 aromatic heterocycles. The van der Waals surface area contributed by atoms with Crippen LogP contribution in [0.4, 0.5) is 0 Å². The molecule has 0 bridgehead atoms. The highest BCUT2D eigenvalue weighted by molar-refractivity contribution is 6.21. The Hall–Kier alpha value is -4.18. The summed E-state index contributed by atoms with van der Waals surface area (Å²) in [5.41, 5.74) is 6.68. The number of hydrogen-bond donors (Lipinski definition) is 0. The summed E-state index contributed by atoms with van der Waals surface area (Å²) in [5, 5.41) is 0. The Morgan fingerprint density at radius 3 is 2.03 bits per heavy atom. The summed E-state index contributed by atoms with van der Waals surface area (Å²) < 4.78 is 6.21. The molecular weight excluding hydrogens is 434 g/mol. The monoisotopic (exact) mass is 461 g/mol. The second-order valence-corrected chi connectivity index (χ2v) is 8.82. The largest absolute Gasteiger partial charge is 0.489 e. The smallest absolute Gasteiger partial charge is 0.261 e. The van der Waals surface area contributed by atoms with E-state index in [0.29, 0.717) is 37.1 Å². The van der Waals surface area contributed by atoms with Crippen LogP contribution < -0.4 is 4.74 Å². The van der Waals surface area contributed by atoms with Crippen molar-refractivity contribution in [3.05, 3.63) is 125 Å². The first-order valence-corrected chi connectivity index (χ1v) is 11.9. The summed E-state index contributed by atoms with van der Waals surface area (Å²) >= 11 is 0. The summed E-state index contributed by atoms with van der Waals surface area (Å²) in [4.78, 5) is 26.8. The van der Waals surface area contributed by atoms with Gasteiger partial charge in [0, 0.05) is 6.54 Å². The van der Waals surface area contributed by atoms with Crippen LogP contribution in [-0.2, 0) is 13.0 Å². The third-order valence-corrected chi connectivity index (χ3v) is 6.46. The molecule has 0 fully saturated rings. The third kappa shape index (κ3) is 4.73. The maximum atomic E-state index is 12.7. The first-order valence-electron chi connectivity index (χ1n) is 11.9. The Morgan fingerprint density at radius 1 is 0.714 bits per heavy atom. The van der Waals surface area contributed by atoms with E-state index >= 15 is 0 Å². The van der Waals surface area contributed by atoms with Crippen molar-refractivity contribution in [3.63, 3.8) is 0 Å². The van der Waals surface area contributed by atoms with Gasteiger partial charge in [-0.05, 0) is 71.8 Å². The maximum Gasteiger partial charge on any atom is 0.261 e. The van der Waals surface area contributed by atoms with Gasteiger partial charge in [0.05, 0.1) is 11.1 Å². The van der Waals surface area contributed by atoms with E-state index in [-0.39, 0.29) is 11.8 Å². The van der Waals surface area contributed by atoms with Gasteiger partial charge >= 0.3 is 0 Å². The van der Waals surface area contributed by atoms with Crippen molar-refractivity contribution in [3.8, 4) is 16.9 Å². The van der Waals surface area contributed by atoms with Gasteiger partial charge in [0.2, 0.25) is 0 Å². The molecule has 2 amide bonds. The maximum absolute atomic E-state index is 12.7. The lowest BCUT2D eigenvalue weighted by molar-refractivity contribution is 0.0652. The Morgan fingerprint density at radius 2 is 1.34 bits per heavy atom. The number of benzene rings is 4. The fourth-order valence-corrected chi connectivity index (χ4v) is 4.59. The number of aryl methyl sites for hydroxylation is 2. The highest BCUT2D eigenvalue weighted by Crippen LogP contribution is 2.31. The van der Waals surface area contributed by atoms with Crippen LogP contribution in [0.1, 0.15) is 43.8 Å². The third-order valence-electron chi connectivity index (χ3n) is 6.46. The van der Waals surface area contributed by atoms with Crippen molar-refractivity contribution in [2.75, 3.05) is 6.54 Å². The molecule has 4 aromatic carbocycles. The Labute approximate surface area is 205 Å². The minimum absolute atomic E-state index is 0.209. The average Bonchev–Trinajstić information content (AvgIpc) is 3.14. The molecule has 4 aromatic rings. The van der Waals surface area contributed by atoms with Gasteiger partial charge in [-0.2, -0.15) is 0 Å². The lowest BCUT2D eigenvalue weighted by atomic mass is 9.97. The van der Waals surface area contributed by atoms with Crippen molar-refractivity contribution >= 4 is 11.8 Å². The number of nitrogens with zero attached hydrogens (tertiary/aromatic N) is 1. The fraction of sp³-hybridized carbons (Fsp3) is 0.161. The summed E-state index contributed by atoms with van der Waals surface area (Å²) in [6.45, 7) is 2.96. The van der Waals surface area contributed by atoms with Gasteiger partial charge in [-0.1, -0.05) is 72.8 Å². The predicted molar refractivity (Wildman–Crippen MR) is 138 cm³/mol. The lowest BCUT2D eigenvalue weighted by Gasteiger charge is -2.17. The minimum Gasteiger partial charge on any atom is -0.489 e. The molecule has 5 rings (SSSR count). The zero-order chi connectivity index (χ0) is 24.2. The van der Waals surface area contributed by atoms with Crippen LogP contribution in [-0.4, -0.2) is 23.3 Å². The van der Waals surface area contributed by atoms with Gasteiger partial charge in [0.25, 0.3) is 11.8 Å². The Bertz CT molecular complexity index is 1340. The van der Waals surface area contributed by atoms with Crippen molar-refractivity contribution in [2.45, 2.75) is 26.4 Å². The van der Waals surface area contributed by atoms with Crippen molar-refractivity contribution in [2.24, 2.45) is 0 Å². The Balaban J connectivity index is 1.35. The molecule has 0 atom stereocenters. The van der Waals surface area contributed by atoms with Crippen molar-refractivity contribution in [1.82, 2.24) is 4.90 Å². The number of hydrogen-bond acceptors (Lipinski definition) is 3. The topological polar surface area (TPSA) is 46.6 Å². The van der Waals surface area contributed by atoms with E-state index in [1.807, 2.05) is 48.5 Å². The average molecular weight is 462 g/mol. The number of carbonyl (C=O) groups is 2. The standard InChI is InChI=1S/C31H27NO3/c1-22-10-5-6-14-26(22)24-17-18-29(35-21-23-11-3-2-4-12-23)25(20-24)13-9-19-32-30(33)27-15-7-8-16-28(27)31(32)34/h2-8,10-12,14-18,20H,9,13,19,21H2,1H3. The van der Waals surface area contributed by atoms with E-state index in [2.05, 4.69) is 31.2 Å². The molecule has 0 spiro atoms. The fourth-order valence-electron chi connectivity index (χ4n) is 4.59.